The van der Waals surface area contributed by atoms with Gasteiger partial charge < -0.3 is 9.42 Å². The first kappa shape index (κ1) is 18.9. The highest BCUT2D eigenvalue weighted by Gasteiger charge is 2.21. The lowest BCUT2D eigenvalue weighted by Crippen LogP contribution is -1.89. The van der Waals surface area contributed by atoms with E-state index in [2.05, 4.69) is 0 Å². The highest BCUT2D eigenvalue weighted by Crippen LogP contribution is 2.55. The molecule has 2 rings (SSSR count). The summed E-state index contributed by atoms with van der Waals surface area (Å²) >= 11 is 2.35. The lowest BCUT2D eigenvalue weighted by atomic mass is 10.3. The number of nitrogens with zero attached hydrogens (tertiary/aromatic N) is 1. The lowest BCUT2D eigenvalue weighted by molar-refractivity contribution is -0.384. The van der Waals surface area contributed by atoms with Crippen molar-refractivity contribution < 1.29 is 18.9 Å². The number of nitro groups is 1. The predicted octanol–water partition coefficient (Wildman–Crippen LogP) is 5.37. The van der Waals surface area contributed by atoms with Gasteiger partial charge in [0.1, 0.15) is 5.75 Å². The number of nitro benzene ring substituents is 1. The normalized spacial score (nSPS) is 13.2. The average molecular weight is 385 g/mol. The summed E-state index contributed by atoms with van der Waals surface area (Å²) < 4.78 is 17.0. The molecule has 128 valence electrons. The molecular formula is C15H16NO5PS2. The summed E-state index contributed by atoms with van der Waals surface area (Å²) in [5.41, 5.74) is 0.0476. The summed E-state index contributed by atoms with van der Waals surface area (Å²) in [6.45, 7) is -1.75. The van der Waals surface area contributed by atoms with Crippen molar-refractivity contribution in [3.63, 3.8) is 0 Å². The first-order valence-corrected chi connectivity index (χ1v) is 11.1. The van der Waals surface area contributed by atoms with Crippen LogP contribution in [-0.4, -0.2) is 15.6 Å². The number of rotatable bonds is 8. The second-order valence-electron chi connectivity index (χ2n) is 4.72. The van der Waals surface area contributed by atoms with Crippen LogP contribution in [0.4, 0.5) is 5.69 Å². The van der Waals surface area contributed by atoms with Gasteiger partial charge in [0.05, 0.1) is 4.92 Å². The molecule has 0 aliphatic rings. The summed E-state index contributed by atoms with van der Waals surface area (Å²) in [6, 6.07) is 13.1. The molecule has 0 radical (unpaired) electrons. The van der Waals surface area contributed by atoms with Crippen LogP contribution in [0.1, 0.15) is 13.3 Å². The van der Waals surface area contributed by atoms with Gasteiger partial charge in [0.2, 0.25) is 0 Å². The van der Waals surface area contributed by atoms with E-state index in [1.165, 1.54) is 23.9 Å². The smallest absolute Gasteiger partial charge is 0.417 e. The van der Waals surface area contributed by atoms with E-state index in [4.69, 9.17) is 4.52 Å². The molecule has 9 heteroatoms. The minimum absolute atomic E-state index is 0.0476. The van der Waals surface area contributed by atoms with Crippen molar-refractivity contribution in [3.8, 4) is 5.75 Å². The molecule has 0 saturated carbocycles. The second kappa shape index (κ2) is 8.58. The molecule has 0 bridgehead atoms. The first-order valence-electron chi connectivity index (χ1n) is 7.09. The Labute approximate surface area is 148 Å². The van der Waals surface area contributed by atoms with Gasteiger partial charge in [-0.3, -0.25) is 10.1 Å². The Morgan fingerprint density at radius 3 is 2.17 bits per heavy atom. The Hall–Kier alpha value is -1.47. The standard InChI is InChI=1S/C15H16NO5PS2/c1-2-11-23-22(19,20)21-13-5-9-15(10-6-13)24-14-7-3-12(4-8-14)16(17)18/h3-10H,2,11H2,1H3,(H,19,20). The van der Waals surface area contributed by atoms with Crippen molar-refractivity contribution in [2.24, 2.45) is 0 Å². The van der Waals surface area contributed by atoms with Gasteiger partial charge in [0.15, 0.2) is 0 Å². The first-order chi connectivity index (χ1) is 11.4. The Morgan fingerprint density at radius 2 is 1.67 bits per heavy atom. The summed E-state index contributed by atoms with van der Waals surface area (Å²) in [4.78, 5) is 21.7. The summed E-state index contributed by atoms with van der Waals surface area (Å²) in [5.74, 6) is 0.888. The van der Waals surface area contributed by atoms with Crippen LogP contribution in [0, 0.1) is 10.1 Å². The third kappa shape index (κ3) is 5.87. The number of non-ortho nitro benzene ring substituents is 1. The van der Waals surface area contributed by atoms with Gasteiger partial charge in [-0.1, -0.05) is 18.7 Å². The fourth-order valence-corrected chi connectivity index (χ4v) is 5.03. The van der Waals surface area contributed by atoms with Gasteiger partial charge in [-0.15, -0.1) is 0 Å². The van der Waals surface area contributed by atoms with E-state index < -0.39 is 11.7 Å². The van der Waals surface area contributed by atoms with E-state index in [0.29, 0.717) is 11.5 Å². The molecule has 6 nitrogen and oxygen atoms in total. The van der Waals surface area contributed by atoms with Gasteiger partial charge in [0, 0.05) is 27.7 Å². The van der Waals surface area contributed by atoms with Gasteiger partial charge in [0.25, 0.3) is 5.69 Å². The number of benzene rings is 2. The third-order valence-corrected chi connectivity index (χ3v) is 6.91. The van der Waals surface area contributed by atoms with Gasteiger partial charge in [-0.25, -0.2) is 4.57 Å². The highest BCUT2D eigenvalue weighted by atomic mass is 32.7. The fraction of sp³-hybridized carbons (Fsp3) is 0.200. The SMILES string of the molecule is CCCSP(=O)(O)Oc1ccc(Sc2ccc([N+](=O)[O-])cc2)cc1. The fourth-order valence-electron chi connectivity index (χ4n) is 1.71. The molecule has 0 aliphatic carbocycles. The lowest BCUT2D eigenvalue weighted by Gasteiger charge is -2.12. The van der Waals surface area contributed by atoms with E-state index in [1.807, 2.05) is 6.92 Å². The van der Waals surface area contributed by atoms with E-state index >= 15 is 0 Å². The zero-order valence-electron chi connectivity index (χ0n) is 12.8. The van der Waals surface area contributed by atoms with Crippen LogP contribution in [-0.2, 0) is 4.57 Å². The average Bonchev–Trinajstić information content (AvgIpc) is 2.55. The van der Waals surface area contributed by atoms with Crippen LogP contribution in [0.25, 0.3) is 0 Å². The van der Waals surface area contributed by atoms with Gasteiger partial charge in [-0.2, -0.15) is 0 Å². The van der Waals surface area contributed by atoms with Crippen molar-refractivity contribution >= 4 is 35.6 Å². The molecule has 1 atom stereocenters. The molecule has 0 heterocycles. The van der Waals surface area contributed by atoms with Crippen molar-refractivity contribution in [3.05, 3.63) is 58.6 Å². The van der Waals surface area contributed by atoms with Crippen molar-refractivity contribution in [1.29, 1.82) is 0 Å². The second-order valence-corrected chi connectivity index (χ2v) is 9.81. The van der Waals surface area contributed by atoms with Crippen LogP contribution in [0.5, 0.6) is 5.75 Å². The Balaban J connectivity index is 1.99. The van der Waals surface area contributed by atoms with Crippen LogP contribution in [0.3, 0.4) is 0 Å². The summed E-state index contributed by atoms with van der Waals surface area (Å²) in [5, 5.41) is 10.6. The third-order valence-electron chi connectivity index (χ3n) is 2.79. The van der Waals surface area contributed by atoms with E-state index in [0.717, 1.165) is 27.6 Å². The molecule has 2 aromatic rings. The zero-order valence-corrected chi connectivity index (χ0v) is 15.4. The summed E-state index contributed by atoms with van der Waals surface area (Å²) in [7, 11) is 0. The van der Waals surface area contributed by atoms with Crippen molar-refractivity contribution in [2.45, 2.75) is 23.1 Å². The van der Waals surface area contributed by atoms with Gasteiger partial charge >= 0.3 is 6.80 Å². The molecule has 0 fully saturated rings. The largest absolute Gasteiger partial charge is 0.437 e. The van der Waals surface area contributed by atoms with E-state index in [1.54, 1.807) is 36.4 Å². The Morgan fingerprint density at radius 1 is 1.12 bits per heavy atom. The van der Waals surface area contributed by atoms with Crippen LogP contribution < -0.4 is 4.52 Å². The molecule has 0 aliphatic heterocycles. The van der Waals surface area contributed by atoms with Crippen molar-refractivity contribution in [2.75, 3.05) is 5.75 Å². The predicted molar refractivity (Wildman–Crippen MR) is 96.9 cm³/mol. The van der Waals surface area contributed by atoms with E-state index in [-0.39, 0.29) is 5.69 Å². The minimum Gasteiger partial charge on any atom is -0.417 e. The Bertz CT molecular complexity index is 737. The molecular weight excluding hydrogens is 369 g/mol. The van der Waals surface area contributed by atoms with E-state index in [9.17, 15) is 19.6 Å². The maximum absolute atomic E-state index is 11.8. The quantitative estimate of drug-likeness (QED) is 0.371. The molecule has 24 heavy (non-hydrogen) atoms. The zero-order chi connectivity index (χ0) is 17.6. The minimum atomic E-state index is -3.68. The van der Waals surface area contributed by atoms with Crippen molar-refractivity contribution in [1.82, 2.24) is 0 Å². The van der Waals surface area contributed by atoms with Crippen LogP contribution in [0.15, 0.2) is 58.3 Å². The monoisotopic (exact) mass is 385 g/mol. The number of hydrogen-bond acceptors (Lipinski definition) is 6. The molecule has 1 unspecified atom stereocenters. The maximum atomic E-state index is 11.8. The molecule has 0 aromatic heterocycles. The molecule has 0 spiro atoms. The number of hydrogen-bond donors (Lipinski definition) is 1. The van der Waals surface area contributed by atoms with Gasteiger partial charge in [-0.05, 0) is 54.2 Å². The van der Waals surface area contributed by atoms with Crippen LogP contribution in [0.2, 0.25) is 0 Å². The molecule has 0 amide bonds. The summed E-state index contributed by atoms with van der Waals surface area (Å²) in [6.07, 6.45) is 0.795. The topological polar surface area (TPSA) is 89.7 Å². The highest BCUT2D eigenvalue weighted by molar-refractivity contribution is 8.54. The van der Waals surface area contributed by atoms with Crippen LogP contribution >= 0.6 is 29.9 Å². The maximum Gasteiger partial charge on any atom is 0.437 e. The molecule has 2 aromatic carbocycles. The Kier molecular flexibility index (Phi) is 6.74. The molecule has 1 N–H and O–H groups in total. The molecule has 0 saturated heterocycles.